The molecule has 25 heavy (non-hydrogen) atoms. The number of nitrogens with zero attached hydrogens (tertiary/aromatic N) is 1. The molecule has 0 spiro atoms. The van der Waals surface area contributed by atoms with Gasteiger partial charge in [-0.2, -0.15) is 0 Å². The summed E-state index contributed by atoms with van der Waals surface area (Å²) in [5.74, 6) is 0.769. The maximum absolute atomic E-state index is 12.3. The third kappa shape index (κ3) is 4.97. The van der Waals surface area contributed by atoms with E-state index < -0.39 is 6.10 Å². The molecule has 0 radical (unpaired) electrons. The second-order valence-electron chi connectivity index (χ2n) is 6.28. The van der Waals surface area contributed by atoms with E-state index in [1.165, 1.54) is 0 Å². The number of hydrogen-bond donors (Lipinski definition) is 2. The summed E-state index contributed by atoms with van der Waals surface area (Å²) in [4.78, 5) is 13.9. The van der Waals surface area contributed by atoms with E-state index in [9.17, 15) is 9.90 Å². The number of carbonyl (C=O) groups is 1. The standard InChI is InChI=1S/C20H24N2O3/c23-18-10-6-12-22(14-18)20(24)21-13-17-9-4-5-11-19(17)25-15-16-7-2-1-3-8-16/h1-5,7-9,11,18,23H,6,10,12-15H2,(H,21,24). The van der Waals surface area contributed by atoms with Gasteiger partial charge in [-0.25, -0.2) is 4.79 Å². The number of aliphatic hydroxyl groups is 1. The molecule has 2 amide bonds. The van der Waals surface area contributed by atoms with E-state index >= 15 is 0 Å². The average Bonchev–Trinajstić information content (AvgIpc) is 2.66. The van der Waals surface area contributed by atoms with E-state index in [1.807, 2.05) is 54.6 Å². The highest BCUT2D eigenvalue weighted by Crippen LogP contribution is 2.19. The molecule has 2 aromatic carbocycles. The van der Waals surface area contributed by atoms with Crippen molar-refractivity contribution in [3.8, 4) is 5.75 Å². The van der Waals surface area contributed by atoms with E-state index in [0.29, 0.717) is 26.2 Å². The Bertz CT molecular complexity index is 690. The first kappa shape index (κ1) is 17.3. The average molecular weight is 340 g/mol. The monoisotopic (exact) mass is 340 g/mol. The fourth-order valence-corrected chi connectivity index (χ4v) is 2.95. The molecule has 0 aromatic heterocycles. The summed E-state index contributed by atoms with van der Waals surface area (Å²) in [6, 6.07) is 17.6. The van der Waals surface area contributed by atoms with Crippen molar-refractivity contribution in [2.45, 2.75) is 32.1 Å². The number of likely N-dealkylation sites (tertiary alicyclic amines) is 1. The Hall–Kier alpha value is -2.53. The highest BCUT2D eigenvalue weighted by Gasteiger charge is 2.21. The number of amides is 2. The summed E-state index contributed by atoms with van der Waals surface area (Å²) in [7, 11) is 0. The number of para-hydroxylation sites is 1. The van der Waals surface area contributed by atoms with Gasteiger partial charge in [0.1, 0.15) is 12.4 Å². The summed E-state index contributed by atoms with van der Waals surface area (Å²) in [6.07, 6.45) is 1.19. The molecule has 5 heteroatoms. The number of rotatable bonds is 5. The lowest BCUT2D eigenvalue weighted by atomic mass is 10.1. The predicted molar refractivity (Wildman–Crippen MR) is 96.3 cm³/mol. The number of aliphatic hydroxyl groups excluding tert-OH is 1. The molecular weight excluding hydrogens is 316 g/mol. The van der Waals surface area contributed by atoms with Gasteiger partial charge in [-0.15, -0.1) is 0 Å². The van der Waals surface area contributed by atoms with E-state index in [1.54, 1.807) is 4.90 Å². The van der Waals surface area contributed by atoms with Crippen LogP contribution in [0.1, 0.15) is 24.0 Å². The van der Waals surface area contributed by atoms with Crippen LogP contribution in [-0.2, 0) is 13.2 Å². The first-order valence-corrected chi connectivity index (χ1v) is 8.68. The van der Waals surface area contributed by atoms with Crippen molar-refractivity contribution in [1.29, 1.82) is 0 Å². The van der Waals surface area contributed by atoms with Gasteiger partial charge in [0.15, 0.2) is 0 Å². The van der Waals surface area contributed by atoms with Crippen LogP contribution >= 0.6 is 0 Å². The first-order chi connectivity index (χ1) is 12.2. The van der Waals surface area contributed by atoms with E-state index in [0.717, 1.165) is 29.7 Å². The third-order valence-corrected chi connectivity index (χ3v) is 4.32. The maximum atomic E-state index is 12.3. The van der Waals surface area contributed by atoms with Crippen LogP contribution in [0.5, 0.6) is 5.75 Å². The molecule has 1 fully saturated rings. The Morgan fingerprint density at radius 1 is 1.16 bits per heavy atom. The van der Waals surface area contributed by atoms with Gasteiger partial charge in [-0.05, 0) is 24.5 Å². The molecule has 1 unspecified atom stereocenters. The molecule has 0 bridgehead atoms. The molecule has 1 saturated heterocycles. The number of nitrogens with one attached hydrogen (secondary N) is 1. The lowest BCUT2D eigenvalue weighted by molar-refractivity contribution is 0.0841. The largest absolute Gasteiger partial charge is 0.489 e. The molecular formula is C20H24N2O3. The summed E-state index contributed by atoms with van der Waals surface area (Å²) >= 11 is 0. The molecule has 1 aliphatic rings. The van der Waals surface area contributed by atoms with Crippen molar-refractivity contribution in [3.05, 3.63) is 65.7 Å². The maximum Gasteiger partial charge on any atom is 0.317 e. The lowest BCUT2D eigenvalue weighted by Gasteiger charge is -2.30. The second-order valence-corrected chi connectivity index (χ2v) is 6.28. The minimum absolute atomic E-state index is 0.142. The van der Waals surface area contributed by atoms with Crippen LogP contribution in [0.15, 0.2) is 54.6 Å². The summed E-state index contributed by atoms with van der Waals surface area (Å²) < 4.78 is 5.91. The van der Waals surface area contributed by atoms with Gasteiger partial charge in [0.2, 0.25) is 0 Å². The van der Waals surface area contributed by atoms with Crippen LogP contribution in [0.4, 0.5) is 4.79 Å². The van der Waals surface area contributed by atoms with Crippen molar-refractivity contribution in [1.82, 2.24) is 10.2 Å². The number of ether oxygens (including phenoxy) is 1. The quantitative estimate of drug-likeness (QED) is 0.880. The van der Waals surface area contributed by atoms with Crippen LogP contribution in [0.2, 0.25) is 0 Å². The number of urea groups is 1. The number of piperidine rings is 1. The fraction of sp³-hybridized carbons (Fsp3) is 0.350. The van der Waals surface area contributed by atoms with Crippen molar-refractivity contribution in [2.75, 3.05) is 13.1 Å². The Balaban J connectivity index is 1.56. The molecule has 0 saturated carbocycles. The Labute approximate surface area is 148 Å². The molecule has 132 valence electrons. The molecule has 2 N–H and O–H groups in total. The molecule has 1 aliphatic heterocycles. The lowest BCUT2D eigenvalue weighted by Crippen LogP contribution is -2.46. The molecule has 5 nitrogen and oxygen atoms in total. The third-order valence-electron chi connectivity index (χ3n) is 4.32. The van der Waals surface area contributed by atoms with Crippen molar-refractivity contribution in [3.63, 3.8) is 0 Å². The molecule has 1 atom stereocenters. The zero-order valence-electron chi connectivity index (χ0n) is 14.2. The minimum atomic E-state index is -0.416. The van der Waals surface area contributed by atoms with Gasteiger partial charge in [0, 0.05) is 25.2 Å². The summed E-state index contributed by atoms with van der Waals surface area (Å²) in [6.45, 7) is 1.98. The first-order valence-electron chi connectivity index (χ1n) is 8.68. The summed E-state index contributed by atoms with van der Waals surface area (Å²) in [5, 5.41) is 12.6. The van der Waals surface area contributed by atoms with Crippen LogP contribution in [0.3, 0.4) is 0 Å². The topological polar surface area (TPSA) is 61.8 Å². The minimum Gasteiger partial charge on any atom is -0.489 e. The van der Waals surface area contributed by atoms with E-state index in [4.69, 9.17) is 4.74 Å². The molecule has 0 aliphatic carbocycles. The number of β-amino-alcohol motifs (C(OH)–C–C–N with tert-alkyl or cyclic N) is 1. The molecule has 1 heterocycles. The molecule has 3 rings (SSSR count). The van der Waals surface area contributed by atoms with Crippen molar-refractivity contribution >= 4 is 6.03 Å². The van der Waals surface area contributed by atoms with Gasteiger partial charge in [0.05, 0.1) is 6.10 Å². The van der Waals surface area contributed by atoms with Gasteiger partial charge in [-0.3, -0.25) is 0 Å². The van der Waals surface area contributed by atoms with Crippen LogP contribution < -0.4 is 10.1 Å². The highest BCUT2D eigenvalue weighted by molar-refractivity contribution is 5.74. The predicted octanol–water partition coefficient (Wildman–Crippen LogP) is 2.93. The Morgan fingerprint density at radius 2 is 1.92 bits per heavy atom. The second kappa shape index (κ2) is 8.53. The number of benzene rings is 2. The Kier molecular flexibility index (Phi) is 5.90. The number of hydrogen-bond acceptors (Lipinski definition) is 3. The van der Waals surface area contributed by atoms with Gasteiger partial charge < -0.3 is 20.1 Å². The van der Waals surface area contributed by atoms with E-state index in [-0.39, 0.29) is 6.03 Å². The van der Waals surface area contributed by atoms with Crippen LogP contribution in [0, 0.1) is 0 Å². The highest BCUT2D eigenvalue weighted by atomic mass is 16.5. The van der Waals surface area contributed by atoms with Crippen molar-refractivity contribution in [2.24, 2.45) is 0 Å². The smallest absolute Gasteiger partial charge is 0.317 e. The van der Waals surface area contributed by atoms with Crippen molar-refractivity contribution < 1.29 is 14.6 Å². The zero-order chi connectivity index (χ0) is 17.5. The SMILES string of the molecule is O=C(NCc1ccccc1OCc1ccccc1)N1CCCC(O)C1. The van der Waals surface area contributed by atoms with Gasteiger partial charge in [0.25, 0.3) is 0 Å². The fourth-order valence-electron chi connectivity index (χ4n) is 2.95. The van der Waals surface area contributed by atoms with E-state index in [2.05, 4.69) is 5.32 Å². The van der Waals surface area contributed by atoms with Gasteiger partial charge >= 0.3 is 6.03 Å². The van der Waals surface area contributed by atoms with Gasteiger partial charge in [-0.1, -0.05) is 48.5 Å². The Morgan fingerprint density at radius 3 is 2.72 bits per heavy atom. The molecule has 2 aromatic rings. The summed E-state index contributed by atoms with van der Waals surface area (Å²) in [5.41, 5.74) is 2.04. The van der Waals surface area contributed by atoms with Crippen LogP contribution in [-0.4, -0.2) is 35.2 Å². The zero-order valence-corrected chi connectivity index (χ0v) is 14.2. The normalized spacial score (nSPS) is 17.2. The van der Waals surface area contributed by atoms with Crippen LogP contribution in [0.25, 0.3) is 0 Å². The number of carbonyl (C=O) groups excluding carboxylic acids is 1.